The highest BCUT2D eigenvalue weighted by atomic mass is 35.5. The molecule has 0 fully saturated rings. The van der Waals surface area contributed by atoms with E-state index in [4.69, 9.17) is 16.6 Å². The lowest BCUT2D eigenvalue weighted by atomic mass is 9.91. The van der Waals surface area contributed by atoms with Gasteiger partial charge in [-0.1, -0.05) is 72.3 Å². The number of carbonyl (C=O) groups excluding carboxylic acids is 1. The molecule has 1 unspecified atom stereocenters. The molecule has 0 saturated carbocycles. The summed E-state index contributed by atoms with van der Waals surface area (Å²) >= 11 is 6.47. The number of amides is 1. The maximum atomic E-state index is 14.5. The minimum atomic E-state index is -2.72. The number of rotatable bonds is 6. The number of carbonyl (C=O) groups is 1. The number of nitrogens with one attached hydrogen (secondary N) is 1. The van der Waals surface area contributed by atoms with Gasteiger partial charge in [-0.25, -0.2) is 18.2 Å². The summed E-state index contributed by atoms with van der Waals surface area (Å²) in [7, 11) is 3.05. The fourth-order valence-electron chi connectivity index (χ4n) is 5.72. The monoisotopic (exact) mass is 603 g/mol. The summed E-state index contributed by atoms with van der Waals surface area (Å²) in [6, 6.07) is 23.5. The van der Waals surface area contributed by atoms with E-state index in [1.165, 1.54) is 28.3 Å². The van der Waals surface area contributed by atoms with Gasteiger partial charge < -0.3 is 19.6 Å². The zero-order chi connectivity index (χ0) is 30.5. The number of benzene rings is 4. The largest absolute Gasteiger partial charge is 0.363 e. The zero-order valence-electron chi connectivity index (χ0n) is 23.0. The topological polar surface area (TPSA) is 83.9 Å². The normalized spacial score (nSPS) is 16.6. The Morgan fingerprint density at radius 3 is 2.23 bits per heavy atom. The van der Waals surface area contributed by atoms with Crippen molar-refractivity contribution in [2.45, 2.75) is 18.7 Å². The highest BCUT2D eigenvalue weighted by Gasteiger charge is 2.48. The molecule has 0 spiro atoms. The van der Waals surface area contributed by atoms with Crippen LogP contribution in [0.2, 0.25) is 5.02 Å². The number of aliphatic hydroxyl groups is 1. The molecule has 218 valence electrons. The molecule has 11 heteroatoms. The van der Waals surface area contributed by atoms with Gasteiger partial charge in [-0.3, -0.25) is 9.79 Å². The molecule has 1 aliphatic rings. The van der Waals surface area contributed by atoms with E-state index in [0.29, 0.717) is 5.71 Å². The van der Waals surface area contributed by atoms with Gasteiger partial charge in [0, 0.05) is 41.4 Å². The third-order valence-corrected chi connectivity index (χ3v) is 7.81. The molecule has 1 amide bonds. The van der Waals surface area contributed by atoms with Gasteiger partial charge in [-0.2, -0.15) is 0 Å². The Morgan fingerprint density at radius 1 is 1.02 bits per heavy atom. The van der Waals surface area contributed by atoms with E-state index in [2.05, 4.69) is 10.3 Å². The number of imidazole rings is 1. The van der Waals surface area contributed by atoms with Crippen molar-refractivity contribution in [1.29, 1.82) is 0 Å². The summed E-state index contributed by atoms with van der Waals surface area (Å²) in [4.78, 5) is 23.0. The first kappa shape index (κ1) is 28.4. The van der Waals surface area contributed by atoms with Gasteiger partial charge in [-0.05, 0) is 24.3 Å². The van der Waals surface area contributed by atoms with Crippen LogP contribution in [0.25, 0.3) is 11.0 Å². The first-order chi connectivity index (χ1) is 20.6. The Kier molecular flexibility index (Phi) is 7.19. The second-order valence-electron chi connectivity index (χ2n) is 10.1. The lowest BCUT2D eigenvalue weighted by Gasteiger charge is -2.27. The van der Waals surface area contributed by atoms with Gasteiger partial charge in [0.2, 0.25) is 5.62 Å². The van der Waals surface area contributed by atoms with Crippen molar-refractivity contribution < 1.29 is 23.1 Å². The first-order valence-corrected chi connectivity index (χ1v) is 13.7. The van der Waals surface area contributed by atoms with Crippen LogP contribution < -0.4 is 10.9 Å². The number of alkyl halides is 2. The summed E-state index contributed by atoms with van der Waals surface area (Å²) in [6.45, 7) is -0.697. The second-order valence-corrected chi connectivity index (χ2v) is 10.5. The standard InChI is InChI=1S/C32H25ClF3N5O2/c1-37-31-40(2)29-24(41(31)17-25(35)36)16-23(38-28(18-9-5-3-6-10-18)19-11-7-4-8-12-19)27-26(29)30(42)39-32(27,43)21-15-20(34)13-14-22(21)33/h3-16,25,43H,17H2,1-2H3,(H,39,42). The number of fused-ring (bicyclic) bond motifs is 3. The summed E-state index contributed by atoms with van der Waals surface area (Å²) < 4.78 is 45.0. The molecule has 1 aliphatic heterocycles. The lowest BCUT2D eigenvalue weighted by Crippen LogP contribution is -2.40. The van der Waals surface area contributed by atoms with E-state index in [-0.39, 0.29) is 44.1 Å². The molecular weight excluding hydrogens is 579 g/mol. The average Bonchev–Trinajstić information content (AvgIpc) is 3.42. The molecule has 0 bridgehead atoms. The number of aryl methyl sites for hydroxylation is 1. The fraction of sp³-hybridized carbons (Fsp3) is 0.156. The smallest absolute Gasteiger partial charge is 0.256 e. The predicted molar refractivity (Wildman–Crippen MR) is 158 cm³/mol. The Hall–Kier alpha value is -4.67. The number of aromatic nitrogens is 2. The third kappa shape index (κ3) is 4.72. The minimum Gasteiger partial charge on any atom is -0.363 e. The molecule has 5 aromatic rings. The molecule has 43 heavy (non-hydrogen) atoms. The van der Waals surface area contributed by atoms with Gasteiger partial charge >= 0.3 is 0 Å². The SMILES string of the molecule is CN=c1n(C)c2c3c(c(N=C(c4ccccc4)c4ccccc4)cc2n1CC(F)F)C(O)(c1cc(F)ccc1Cl)NC3=O. The van der Waals surface area contributed by atoms with Crippen molar-refractivity contribution in [2.24, 2.45) is 17.0 Å². The Bertz CT molecular complexity index is 1950. The molecule has 0 aliphatic carbocycles. The van der Waals surface area contributed by atoms with Crippen molar-refractivity contribution in [2.75, 3.05) is 7.05 Å². The van der Waals surface area contributed by atoms with E-state index in [0.717, 1.165) is 23.3 Å². The van der Waals surface area contributed by atoms with Crippen LogP contribution in [-0.2, 0) is 19.3 Å². The van der Waals surface area contributed by atoms with E-state index < -0.39 is 30.4 Å². The van der Waals surface area contributed by atoms with Crippen LogP contribution in [0.5, 0.6) is 0 Å². The summed E-state index contributed by atoms with van der Waals surface area (Å²) in [5, 5.41) is 14.8. The maximum Gasteiger partial charge on any atom is 0.256 e. The van der Waals surface area contributed by atoms with E-state index in [9.17, 15) is 23.1 Å². The number of aliphatic imine (C=N–C) groups is 1. The maximum absolute atomic E-state index is 14.5. The molecule has 0 radical (unpaired) electrons. The van der Waals surface area contributed by atoms with Gasteiger partial charge in [0.25, 0.3) is 12.3 Å². The molecule has 2 N–H and O–H groups in total. The number of halogens is 4. The van der Waals surface area contributed by atoms with Crippen LogP contribution in [-0.4, -0.2) is 39.3 Å². The van der Waals surface area contributed by atoms with Gasteiger partial charge in [-0.15, -0.1) is 0 Å². The summed E-state index contributed by atoms with van der Waals surface area (Å²) in [5.74, 6) is -1.40. The first-order valence-electron chi connectivity index (χ1n) is 13.3. The zero-order valence-corrected chi connectivity index (χ0v) is 23.8. The molecule has 1 aromatic heterocycles. The molecule has 1 atom stereocenters. The molecule has 2 heterocycles. The van der Waals surface area contributed by atoms with Crippen LogP contribution in [0.3, 0.4) is 0 Å². The van der Waals surface area contributed by atoms with Crippen molar-refractivity contribution in [3.8, 4) is 0 Å². The Labute approximate surface area is 249 Å². The molecule has 0 saturated heterocycles. The van der Waals surface area contributed by atoms with Crippen LogP contribution in [0.4, 0.5) is 18.9 Å². The van der Waals surface area contributed by atoms with Crippen LogP contribution >= 0.6 is 11.6 Å². The number of nitrogens with zero attached hydrogens (tertiary/aromatic N) is 4. The molecule has 6 rings (SSSR count). The fourth-order valence-corrected chi connectivity index (χ4v) is 5.97. The van der Waals surface area contributed by atoms with Crippen LogP contribution in [0, 0.1) is 5.82 Å². The van der Waals surface area contributed by atoms with Gasteiger partial charge in [0.1, 0.15) is 5.82 Å². The Morgan fingerprint density at radius 2 is 1.65 bits per heavy atom. The van der Waals surface area contributed by atoms with Gasteiger partial charge in [0.05, 0.1) is 34.5 Å². The molecule has 4 aromatic carbocycles. The Balaban J connectivity index is 1.79. The van der Waals surface area contributed by atoms with Crippen molar-refractivity contribution in [3.05, 3.63) is 129 Å². The average molecular weight is 604 g/mol. The second kappa shape index (κ2) is 10.9. The summed E-state index contributed by atoms with van der Waals surface area (Å²) in [6.07, 6.45) is -2.72. The van der Waals surface area contributed by atoms with Gasteiger partial charge in [0.15, 0.2) is 5.72 Å². The van der Waals surface area contributed by atoms with Crippen molar-refractivity contribution in [3.63, 3.8) is 0 Å². The minimum absolute atomic E-state index is 0.00214. The van der Waals surface area contributed by atoms with E-state index in [1.54, 1.807) is 7.05 Å². The van der Waals surface area contributed by atoms with Crippen molar-refractivity contribution >= 4 is 39.9 Å². The molecule has 7 nitrogen and oxygen atoms in total. The third-order valence-electron chi connectivity index (χ3n) is 7.48. The van der Waals surface area contributed by atoms with E-state index >= 15 is 0 Å². The lowest BCUT2D eigenvalue weighted by molar-refractivity contribution is 0.0478. The van der Waals surface area contributed by atoms with Crippen LogP contribution in [0.15, 0.2) is 94.9 Å². The van der Waals surface area contributed by atoms with Crippen molar-refractivity contribution in [1.82, 2.24) is 14.5 Å². The predicted octanol–water partition coefficient (Wildman–Crippen LogP) is 5.67. The summed E-state index contributed by atoms with van der Waals surface area (Å²) in [5.41, 5.74) is 0.310. The highest BCUT2D eigenvalue weighted by Crippen LogP contribution is 2.46. The highest BCUT2D eigenvalue weighted by molar-refractivity contribution is 6.31. The van der Waals surface area contributed by atoms with Crippen LogP contribution in [0.1, 0.15) is 32.6 Å². The number of hydrogen-bond acceptors (Lipinski definition) is 4. The quantitative estimate of drug-likeness (QED) is 0.245. The van der Waals surface area contributed by atoms with E-state index in [1.807, 2.05) is 60.7 Å². The molecular formula is C32H25ClF3N5O2. The number of hydrogen-bond donors (Lipinski definition) is 2.